The molecule has 34 heavy (non-hydrogen) atoms. The fourth-order valence-electron chi connectivity index (χ4n) is 2.77. The van der Waals surface area contributed by atoms with Gasteiger partial charge in [0.2, 0.25) is 0 Å². The van der Waals surface area contributed by atoms with Crippen LogP contribution in [0.2, 0.25) is 0 Å². The summed E-state index contributed by atoms with van der Waals surface area (Å²) in [5.74, 6) is -0.848. The summed E-state index contributed by atoms with van der Waals surface area (Å²) in [7, 11) is 0. The van der Waals surface area contributed by atoms with Gasteiger partial charge in [0.05, 0.1) is 5.56 Å². The number of halogens is 3. The molecule has 0 unspecified atom stereocenters. The van der Waals surface area contributed by atoms with Gasteiger partial charge in [-0.25, -0.2) is 9.59 Å². The Morgan fingerprint density at radius 1 is 0.971 bits per heavy atom. The maximum Gasteiger partial charge on any atom is 0.420 e. The predicted molar refractivity (Wildman–Crippen MR) is 121 cm³/mol. The van der Waals surface area contributed by atoms with Crippen LogP contribution in [0.15, 0.2) is 83.8 Å². The minimum atomic E-state index is -4.72. The zero-order valence-corrected chi connectivity index (χ0v) is 18.0. The smallest absolute Gasteiger partial charge is 0.420 e. The summed E-state index contributed by atoms with van der Waals surface area (Å²) in [6, 6.07) is 13.3. The summed E-state index contributed by atoms with van der Waals surface area (Å²) in [4.78, 5) is 22.9. The molecule has 0 bridgehead atoms. The van der Waals surface area contributed by atoms with E-state index in [0.717, 1.165) is 18.2 Å². The van der Waals surface area contributed by atoms with E-state index in [9.17, 15) is 22.8 Å². The first-order chi connectivity index (χ1) is 16.1. The molecule has 0 radical (unpaired) electrons. The summed E-state index contributed by atoms with van der Waals surface area (Å²) >= 11 is 0. The molecule has 0 amide bonds. The normalized spacial score (nSPS) is 11.3. The number of carbonyl (C=O) groups excluding carboxylic acids is 2. The molecule has 8 heteroatoms. The Hall–Kier alpha value is -4.33. The first-order valence-corrected chi connectivity index (χ1v) is 9.88. The molecule has 2 aromatic carbocycles. The molecular formula is C26H19F3O5. The monoisotopic (exact) mass is 468 g/mol. The Labute approximate surface area is 193 Å². The second-order valence-corrected chi connectivity index (χ2v) is 7.11. The van der Waals surface area contributed by atoms with E-state index in [1.807, 2.05) is 0 Å². The molecular weight excluding hydrogens is 449 g/mol. The zero-order valence-electron chi connectivity index (χ0n) is 18.0. The van der Waals surface area contributed by atoms with Crippen molar-refractivity contribution >= 4 is 24.1 Å². The van der Waals surface area contributed by atoms with Crippen molar-refractivity contribution < 1.29 is 36.7 Å². The van der Waals surface area contributed by atoms with Crippen molar-refractivity contribution in [2.45, 2.75) is 13.1 Å². The van der Waals surface area contributed by atoms with Gasteiger partial charge >= 0.3 is 18.1 Å². The molecule has 0 saturated carbocycles. The summed E-state index contributed by atoms with van der Waals surface area (Å²) < 4.78 is 55.7. The third kappa shape index (κ3) is 6.13. The quantitative estimate of drug-likeness (QED) is 0.219. The fourth-order valence-corrected chi connectivity index (χ4v) is 2.77. The van der Waals surface area contributed by atoms with Gasteiger partial charge in [0, 0.05) is 17.2 Å². The lowest BCUT2D eigenvalue weighted by Crippen LogP contribution is -2.12. The van der Waals surface area contributed by atoms with Crippen molar-refractivity contribution in [2.24, 2.45) is 0 Å². The van der Waals surface area contributed by atoms with Gasteiger partial charge in [-0.2, -0.15) is 13.2 Å². The van der Waals surface area contributed by atoms with Crippen molar-refractivity contribution in [2.75, 3.05) is 0 Å². The number of hydrogen-bond donors (Lipinski definition) is 0. The van der Waals surface area contributed by atoms with Gasteiger partial charge in [-0.3, -0.25) is 0 Å². The number of rotatable bonds is 7. The second kappa shape index (κ2) is 10.1. The molecule has 1 heterocycles. The van der Waals surface area contributed by atoms with E-state index in [0.29, 0.717) is 22.8 Å². The Balaban J connectivity index is 1.77. The molecule has 0 aliphatic carbocycles. The van der Waals surface area contributed by atoms with E-state index >= 15 is 0 Å². The van der Waals surface area contributed by atoms with E-state index in [4.69, 9.17) is 9.15 Å². The van der Waals surface area contributed by atoms with Crippen LogP contribution < -0.4 is 9.47 Å². The molecule has 3 aromatic rings. The standard InChI is InChI=1S/C26H19F3O5/c1-4-24(30)34-23-13-6-17(15-21(23)26(27,28)29)5-9-19-12-14-22(32-19)18-7-10-20(11-8-18)33-25(31)16(2)3/h4-15H,1-2H2,3H3/b9-5+. The lowest BCUT2D eigenvalue weighted by Gasteiger charge is -2.12. The highest BCUT2D eigenvalue weighted by Gasteiger charge is 2.35. The highest BCUT2D eigenvalue weighted by molar-refractivity contribution is 5.88. The first kappa shape index (κ1) is 24.3. The first-order valence-electron chi connectivity index (χ1n) is 9.88. The van der Waals surface area contributed by atoms with Crippen molar-refractivity contribution in [3.8, 4) is 22.8 Å². The summed E-state index contributed by atoms with van der Waals surface area (Å²) in [6.45, 7) is 8.24. The molecule has 0 spiro atoms. The Morgan fingerprint density at radius 2 is 1.68 bits per heavy atom. The number of benzene rings is 2. The number of ether oxygens (including phenoxy) is 2. The summed E-state index contributed by atoms with van der Waals surface area (Å²) in [6.07, 6.45) is -0.983. The van der Waals surface area contributed by atoms with E-state index in [1.54, 1.807) is 43.3 Å². The molecule has 1 aromatic heterocycles. The Bertz CT molecular complexity index is 1260. The van der Waals surface area contributed by atoms with Crippen molar-refractivity contribution in [3.05, 3.63) is 96.3 Å². The van der Waals surface area contributed by atoms with Gasteiger partial charge in [-0.15, -0.1) is 0 Å². The predicted octanol–water partition coefficient (Wildman–Crippen LogP) is 6.71. The van der Waals surface area contributed by atoms with E-state index in [2.05, 4.69) is 17.9 Å². The van der Waals surface area contributed by atoms with Crippen LogP contribution in [0.25, 0.3) is 23.5 Å². The third-order valence-electron chi connectivity index (χ3n) is 4.45. The Kier molecular flexibility index (Phi) is 7.21. The number of esters is 2. The van der Waals surface area contributed by atoms with E-state index in [1.165, 1.54) is 18.2 Å². The molecule has 174 valence electrons. The van der Waals surface area contributed by atoms with Crippen LogP contribution in [0.5, 0.6) is 11.5 Å². The lowest BCUT2D eigenvalue weighted by molar-refractivity contribution is -0.141. The Morgan fingerprint density at radius 3 is 2.29 bits per heavy atom. The van der Waals surface area contributed by atoms with Gasteiger partial charge in [-0.05, 0) is 67.1 Å². The van der Waals surface area contributed by atoms with Crippen LogP contribution >= 0.6 is 0 Å². The zero-order chi connectivity index (χ0) is 24.9. The van der Waals surface area contributed by atoms with Gasteiger partial charge in [-0.1, -0.05) is 25.3 Å². The fraction of sp³-hybridized carbons (Fsp3) is 0.0769. The van der Waals surface area contributed by atoms with Gasteiger partial charge < -0.3 is 13.9 Å². The maximum absolute atomic E-state index is 13.4. The van der Waals surface area contributed by atoms with Crippen LogP contribution in [0.3, 0.4) is 0 Å². The van der Waals surface area contributed by atoms with Crippen LogP contribution in [-0.2, 0) is 15.8 Å². The molecule has 3 rings (SSSR count). The number of carbonyl (C=O) groups is 2. The van der Waals surface area contributed by atoms with Gasteiger partial charge in [0.15, 0.2) is 0 Å². The van der Waals surface area contributed by atoms with Crippen LogP contribution in [0.1, 0.15) is 23.8 Å². The highest BCUT2D eigenvalue weighted by atomic mass is 19.4. The topological polar surface area (TPSA) is 65.7 Å². The minimum absolute atomic E-state index is 0.229. The average molecular weight is 468 g/mol. The third-order valence-corrected chi connectivity index (χ3v) is 4.45. The molecule has 5 nitrogen and oxygen atoms in total. The van der Waals surface area contributed by atoms with Crippen molar-refractivity contribution in [1.29, 1.82) is 0 Å². The maximum atomic E-state index is 13.4. The number of alkyl halides is 3. The number of hydrogen-bond acceptors (Lipinski definition) is 5. The number of furan rings is 1. The molecule has 0 aliphatic heterocycles. The van der Waals surface area contributed by atoms with Gasteiger partial charge in [0.1, 0.15) is 23.0 Å². The molecule has 0 atom stereocenters. The van der Waals surface area contributed by atoms with Gasteiger partial charge in [0.25, 0.3) is 0 Å². The summed E-state index contributed by atoms with van der Waals surface area (Å²) in [5, 5.41) is 0. The molecule has 0 saturated heterocycles. The van der Waals surface area contributed by atoms with E-state index < -0.39 is 29.4 Å². The molecule has 0 N–H and O–H groups in total. The lowest BCUT2D eigenvalue weighted by atomic mass is 10.1. The SMILES string of the molecule is C=CC(=O)Oc1ccc(/C=C/c2ccc(-c3ccc(OC(=O)C(=C)C)cc3)o2)cc1C(F)(F)F. The highest BCUT2D eigenvalue weighted by Crippen LogP contribution is 2.37. The molecule has 0 aliphatic rings. The van der Waals surface area contributed by atoms with Crippen molar-refractivity contribution in [1.82, 2.24) is 0 Å². The van der Waals surface area contributed by atoms with E-state index in [-0.39, 0.29) is 11.1 Å². The van der Waals surface area contributed by atoms with Crippen LogP contribution in [0.4, 0.5) is 13.2 Å². The van der Waals surface area contributed by atoms with Crippen LogP contribution in [0, 0.1) is 0 Å². The minimum Gasteiger partial charge on any atom is -0.457 e. The van der Waals surface area contributed by atoms with Crippen molar-refractivity contribution in [3.63, 3.8) is 0 Å². The molecule has 0 fully saturated rings. The largest absolute Gasteiger partial charge is 0.457 e. The average Bonchev–Trinajstić information content (AvgIpc) is 3.27. The second-order valence-electron chi connectivity index (χ2n) is 7.11. The van der Waals surface area contributed by atoms with Crippen LogP contribution in [-0.4, -0.2) is 11.9 Å². The summed E-state index contributed by atoms with van der Waals surface area (Å²) in [5.41, 5.74) is 0.133.